The minimum atomic E-state index is 0.730. The molecular formula is C17H23N3O. The molecule has 2 rings (SSSR count). The van der Waals surface area contributed by atoms with Gasteiger partial charge in [-0.25, -0.2) is 0 Å². The molecule has 0 fully saturated rings. The molecule has 0 saturated heterocycles. The maximum absolute atomic E-state index is 5.06. The first-order valence-electron chi connectivity index (χ1n) is 7.19. The van der Waals surface area contributed by atoms with Crippen LogP contribution < -0.4 is 10.2 Å². The monoisotopic (exact) mass is 285 g/mol. The molecule has 0 aliphatic carbocycles. The van der Waals surface area contributed by atoms with E-state index in [1.165, 1.54) is 16.8 Å². The van der Waals surface area contributed by atoms with Crippen molar-refractivity contribution in [2.45, 2.75) is 13.1 Å². The van der Waals surface area contributed by atoms with Gasteiger partial charge in [-0.2, -0.15) is 0 Å². The first-order chi connectivity index (χ1) is 10.3. The topological polar surface area (TPSA) is 37.4 Å². The summed E-state index contributed by atoms with van der Waals surface area (Å²) in [5.41, 5.74) is 3.74. The van der Waals surface area contributed by atoms with Gasteiger partial charge in [0, 0.05) is 51.9 Å². The van der Waals surface area contributed by atoms with Crippen LogP contribution in [0.15, 0.2) is 48.8 Å². The maximum atomic E-state index is 5.06. The number of para-hydroxylation sites is 1. The Morgan fingerprint density at radius 1 is 1.19 bits per heavy atom. The number of pyridine rings is 1. The maximum Gasteiger partial charge on any atom is 0.0587 e. The van der Waals surface area contributed by atoms with Gasteiger partial charge in [-0.15, -0.1) is 0 Å². The van der Waals surface area contributed by atoms with Crippen molar-refractivity contribution in [3.05, 3.63) is 59.9 Å². The third kappa shape index (κ3) is 4.85. The molecule has 0 atom stereocenters. The van der Waals surface area contributed by atoms with E-state index >= 15 is 0 Å². The number of rotatable bonds is 8. The number of hydrogen-bond donors (Lipinski definition) is 1. The molecule has 0 bridgehead atoms. The van der Waals surface area contributed by atoms with Crippen LogP contribution in [0.1, 0.15) is 11.1 Å². The average molecular weight is 285 g/mol. The molecule has 1 N–H and O–H groups in total. The molecule has 21 heavy (non-hydrogen) atoms. The van der Waals surface area contributed by atoms with E-state index in [1.807, 2.05) is 12.3 Å². The number of aromatic nitrogens is 1. The van der Waals surface area contributed by atoms with E-state index < -0.39 is 0 Å². The van der Waals surface area contributed by atoms with Crippen molar-refractivity contribution in [2.75, 3.05) is 32.2 Å². The third-order valence-electron chi connectivity index (χ3n) is 3.34. The molecule has 0 aliphatic heterocycles. The predicted octanol–water partition coefficient (Wildman–Crippen LogP) is 2.45. The molecular weight excluding hydrogens is 262 g/mol. The average Bonchev–Trinajstić information content (AvgIpc) is 2.53. The summed E-state index contributed by atoms with van der Waals surface area (Å²) < 4.78 is 5.06. The summed E-state index contributed by atoms with van der Waals surface area (Å²) in [6.07, 6.45) is 3.72. The van der Waals surface area contributed by atoms with Gasteiger partial charge in [-0.3, -0.25) is 4.98 Å². The van der Waals surface area contributed by atoms with Crippen molar-refractivity contribution in [1.29, 1.82) is 0 Å². The fraction of sp³-hybridized carbons (Fsp3) is 0.353. The highest BCUT2D eigenvalue weighted by Crippen LogP contribution is 2.20. The standard InChI is InChI=1S/C17H23N3O/c1-20(14-15-6-5-9-18-12-15)17-8-4-3-7-16(17)13-19-10-11-21-2/h3-9,12,19H,10-11,13-14H2,1-2H3. The van der Waals surface area contributed by atoms with Crippen molar-refractivity contribution < 1.29 is 4.74 Å². The lowest BCUT2D eigenvalue weighted by Gasteiger charge is -2.22. The number of methoxy groups -OCH3 is 1. The Bertz CT molecular complexity index is 531. The lowest BCUT2D eigenvalue weighted by Crippen LogP contribution is -2.22. The quantitative estimate of drug-likeness (QED) is 0.756. The molecule has 4 heteroatoms. The van der Waals surface area contributed by atoms with Gasteiger partial charge in [-0.1, -0.05) is 24.3 Å². The van der Waals surface area contributed by atoms with Crippen molar-refractivity contribution in [1.82, 2.24) is 10.3 Å². The number of nitrogens with one attached hydrogen (secondary N) is 1. The van der Waals surface area contributed by atoms with Gasteiger partial charge in [0.05, 0.1) is 6.61 Å². The number of hydrogen-bond acceptors (Lipinski definition) is 4. The Hall–Kier alpha value is -1.91. The van der Waals surface area contributed by atoms with Gasteiger partial charge in [0.25, 0.3) is 0 Å². The van der Waals surface area contributed by atoms with Gasteiger partial charge < -0.3 is 15.0 Å². The number of ether oxygens (including phenoxy) is 1. The first kappa shape index (κ1) is 15.5. The van der Waals surface area contributed by atoms with Crippen LogP contribution in [0.4, 0.5) is 5.69 Å². The predicted molar refractivity (Wildman–Crippen MR) is 86.4 cm³/mol. The van der Waals surface area contributed by atoms with Crippen LogP contribution in [0, 0.1) is 0 Å². The second kappa shape index (κ2) is 8.39. The Labute approximate surface area is 126 Å². The van der Waals surface area contributed by atoms with E-state index in [-0.39, 0.29) is 0 Å². The number of nitrogens with zero attached hydrogens (tertiary/aromatic N) is 2. The fourth-order valence-corrected chi connectivity index (χ4v) is 2.28. The molecule has 112 valence electrons. The fourth-order valence-electron chi connectivity index (χ4n) is 2.28. The van der Waals surface area contributed by atoms with Gasteiger partial charge in [-0.05, 0) is 23.3 Å². The van der Waals surface area contributed by atoms with E-state index in [1.54, 1.807) is 13.3 Å². The normalized spacial score (nSPS) is 10.6. The molecule has 0 amide bonds. The highest BCUT2D eigenvalue weighted by atomic mass is 16.5. The molecule has 0 aliphatic rings. The second-order valence-corrected chi connectivity index (χ2v) is 5.02. The van der Waals surface area contributed by atoms with Gasteiger partial charge >= 0.3 is 0 Å². The SMILES string of the molecule is COCCNCc1ccccc1N(C)Cc1cccnc1. The number of anilines is 1. The van der Waals surface area contributed by atoms with Crippen molar-refractivity contribution in [3.63, 3.8) is 0 Å². The zero-order valence-electron chi connectivity index (χ0n) is 12.7. The van der Waals surface area contributed by atoms with E-state index in [4.69, 9.17) is 4.74 Å². The Morgan fingerprint density at radius 2 is 2.05 bits per heavy atom. The molecule has 1 heterocycles. The van der Waals surface area contributed by atoms with E-state index in [2.05, 4.69) is 52.6 Å². The Balaban J connectivity index is 2.01. The summed E-state index contributed by atoms with van der Waals surface area (Å²) in [5, 5.41) is 3.40. The molecule has 0 spiro atoms. The van der Waals surface area contributed by atoms with Crippen molar-refractivity contribution >= 4 is 5.69 Å². The Morgan fingerprint density at radius 3 is 2.81 bits per heavy atom. The molecule has 0 radical (unpaired) electrons. The lowest BCUT2D eigenvalue weighted by atomic mass is 10.1. The summed E-state index contributed by atoms with van der Waals surface area (Å²) in [6, 6.07) is 12.5. The highest BCUT2D eigenvalue weighted by Gasteiger charge is 2.07. The van der Waals surface area contributed by atoms with Crippen LogP contribution >= 0.6 is 0 Å². The molecule has 2 aromatic rings. The smallest absolute Gasteiger partial charge is 0.0587 e. The lowest BCUT2D eigenvalue weighted by molar-refractivity contribution is 0.199. The summed E-state index contributed by atoms with van der Waals surface area (Å²) in [7, 11) is 3.83. The third-order valence-corrected chi connectivity index (χ3v) is 3.34. The molecule has 1 aromatic heterocycles. The summed E-state index contributed by atoms with van der Waals surface area (Å²) in [5.74, 6) is 0. The van der Waals surface area contributed by atoms with E-state index in [9.17, 15) is 0 Å². The second-order valence-electron chi connectivity index (χ2n) is 5.02. The van der Waals surface area contributed by atoms with Gasteiger partial charge in [0.1, 0.15) is 0 Å². The zero-order chi connectivity index (χ0) is 14.9. The van der Waals surface area contributed by atoms with E-state index in [0.29, 0.717) is 0 Å². The van der Waals surface area contributed by atoms with Crippen LogP contribution in [0.5, 0.6) is 0 Å². The molecule has 0 unspecified atom stereocenters. The molecule has 1 aromatic carbocycles. The summed E-state index contributed by atoms with van der Waals surface area (Å²) >= 11 is 0. The van der Waals surface area contributed by atoms with Crippen molar-refractivity contribution in [2.24, 2.45) is 0 Å². The summed E-state index contributed by atoms with van der Waals surface area (Å²) in [6.45, 7) is 3.28. The summed E-state index contributed by atoms with van der Waals surface area (Å²) in [4.78, 5) is 6.43. The number of benzene rings is 1. The zero-order valence-corrected chi connectivity index (χ0v) is 12.7. The van der Waals surface area contributed by atoms with Crippen LogP contribution in [0.25, 0.3) is 0 Å². The van der Waals surface area contributed by atoms with Crippen LogP contribution in [0.3, 0.4) is 0 Å². The van der Waals surface area contributed by atoms with Crippen LogP contribution in [-0.2, 0) is 17.8 Å². The largest absolute Gasteiger partial charge is 0.383 e. The van der Waals surface area contributed by atoms with Gasteiger partial charge in [0.15, 0.2) is 0 Å². The first-order valence-corrected chi connectivity index (χ1v) is 7.19. The Kier molecular flexibility index (Phi) is 6.19. The minimum Gasteiger partial charge on any atom is -0.383 e. The highest BCUT2D eigenvalue weighted by molar-refractivity contribution is 5.53. The molecule has 4 nitrogen and oxygen atoms in total. The van der Waals surface area contributed by atoms with Crippen molar-refractivity contribution in [3.8, 4) is 0 Å². The van der Waals surface area contributed by atoms with E-state index in [0.717, 1.165) is 26.2 Å². The van der Waals surface area contributed by atoms with Gasteiger partial charge in [0.2, 0.25) is 0 Å². The molecule has 0 saturated carbocycles. The van der Waals surface area contributed by atoms with Crippen LogP contribution in [-0.4, -0.2) is 32.3 Å². The minimum absolute atomic E-state index is 0.730. The van der Waals surface area contributed by atoms with Crippen LogP contribution in [0.2, 0.25) is 0 Å².